The second-order valence-corrected chi connectivity index (χ2v) is 7.25. The fourth-order valence-electron chi connectivity index (χ4n) is 3.77. The molecule has 0 unspecified atom stereocenters. The van der Waals surface area contributed by atoms with E-state index in [1.165, 1.54) is 17.5 Å². The fourth-order valence-corrected chi connectivity index (χ4v) is 3.77. The van der Waals surface area contributed by atoms with Gasteiger partial charge in [0.15, 0.2) is 17.1 Å². The van der Waals surface area contributed by atoms with Crippen LogP contribution in [0.4, 0.5) is 0 Å². The zero-order valence-corrected chi connectivity index (χ0v) is 15.5. The molecule has 3 aromatic rings. The molecule has 0 bridgehead atoms. The summed E-state index contributed by atoms with van der Waals surface area (Å²) in [6, 6.07) is 5.03. The average molecular weight is 383 g/mol. The van der Waals surface area contributed by atoms with Crippen LogP contribution in [0.5, 0.6) is 0 Å². The summed E-state index contributed by atoms with van der Waals surface area (Å²) < 4.78 is 7.01. The monoisotopic (exact) mass is 383 g/mol. The predicted octanol–water partition coefficient (Wildman–Crippen LogP) is 1.47. The molecular formula is C19H21N5O4. The van der Waals surface area contributed by atoms with Crippen LogP contribution in [0.2, 0.25) is 0 Å². The Bertz CT molecular complexity index is 1030. The number of aliphatic hydroxyl groups is 1. The second-order valence-electron chi connectivity index (χ2n) is 7.25. The minimum Gasteiger partial charge on any atom is -0.463 e. The average Bonchev–Trinajstić information content (AvgIpc) is 3.40. The molecule has 9 heteroatoms. The number of nitrogens with two attached hydrogens (primary N) is 1. The van der Waals surface area contributed by atoms with Crippen molar-refractivity contribution in [2.75, 3.05) is 13.6 Å². The molecule has 3 aromatic heterocycles. The van der Waals surface area contributed by atoms with Crippen molar-refractivity contribution >= 4 is 17.5 Å². The van der Waals surface area contributed by atoms with Crippen LogP contribution in [0.15, 0.2) is 35.2 Å². The SMILES string of the molecule is CN(CC1(O)CCCC1)C(=O)c1cc(-c2ccco2)n2cnc(C(N)=O)c2n1. The number of furan rings is 1. The number of carbonyl (C=O) groups is 2. The first-order valence-corrected chi connectivity index (χ1v) is 9.08. The molecule has 0 radical (unpaired) electrons. The lowest BCUT2D eigenvalue weighted by atomic mass is 10.0. The first-order valence-electron chi connectivity index (χ1n) is 9.08. The molecule has 3 heterocycles. The molecule has 1 aliphatic carbocycles. The number of imidazole rings is 1. The molecule has 1 fully saturated rings. The third-order valence-electron chi connectivity index (χ3n) is 5.14. The van der Waals surface area contributed by atoms with Gasteiger partial charge in [-0.2, -0.15) is 0 Å². The third kappa shape index (κ3) is 3.13. The van der Waals surface area contributed by atoms with E-state index in [1.807, 2.05) is 0 Å². The van der Waals surface area contributed by atoms with E-state index in [4.69, 9.17) is 10.2 Å². The maximum absolute atomic E-state index is 13.0. The molecular weight excluding hydrogens is 362 g/mol. The second kappa shape index (κ2) is 6.75. The maximum atomic E-state index is 13.0. The van der Waals surface area contributed by atoms with Crippen LogP contribution in [0, 0.1) is 0 Å². The molecule has 0 atom stereocenters. The van der Waals surface area contributed by atoms with Crippen LogP contribution in [-0.4, -0.2) is 55.4 Å². The molecule has 4 rings (SSSR count). The molecule has 2 amide bonds. The summed E-state index contributed by atoms with van der Waals surface area (Å²) in [5, 5.41) is 10.6. The van der Waals surface area contributed by atoms with E-state index in [1.54, 1.807) is 29.6 Å². The van der Waals surface area contributed by atoms with Gasteiger partial charge in [0.05, 0.1) is 17.6 Å². The van der Waals surface area contributed by atoms with Crippen molar-refractivity contribution in [3.05, 3.63) is 42.2 Å². The predicted molar refractivity (Wildman–Crippen MR) is 99.6 cm³/mol. The van der Waals surface area contributed by atoms with Crippen molar-refractivity contribution in [3.8, 4) is 11.5 Å². The highest BCUT2D eigenvalue weighted by Crippen LogP contribution is 2.30. The van der Waals surface area contributed by atoms with Gasteiger partial charge in [-0.25, -0.2) is 9.97 Å². The van der Waals surface area contributed by atoms with Gasteiger partial charge in [0, 0.05) is 13.6 Å². The standard InChI is InChI=1S/C19H21N5O4/c1-23(10-19(27)6-2-3-7-19)18(26)12-9-13(14-5-4-8-28-14)24-11-21-15(16(20)25)17(24)22-12/h4-5,8-9,11,27H,2-3,6-7,10H2,1H3,(H2,20,25). The number of aromatic nitrogens is 3. The molecule has 0 aliphatic heterocycles. The van der Waals surface area contributed by atoms with E-state index in [0.29, 0.717) is 24.3 Å². The topological polar surface area (TPSA) is 127 Å². The van der Waals surface area contributed by atoms with Crippen molar-refractivity contribution in [2.45, 2.75) is 31.3 Å². The van der Waals surface area contributed by atoms with Crippen molar-refractivity contribution in [3.63, 3.8) is 0 Å². The molecule has 146 valence electrons. The highest BCUT2D eigenvalue weighted by Gasteiger charge is 2.34. The minimum atomic E-state index is -0.868. The summed E-state index contributed by atoms with van der Waals surface area (Å²) >= 11 is 0. The Hall–Kier alpha value is -3.20. The Kier molecular flexibility index (Phi) is 4.38. The maximum Gasteiger partial charge on any atom is 0.272 e. The molecule has 1 saturated carbocycles. The van der Waals surface area contributed by atoms with Crippen LogP contribution in [-0.2, 0) is 0 Å². The number of likely N-dealkylation sites (N-methyl/N-ethyl adjacent to an activating group) is 1. The Balaban J connectivity index is 1.77. The molecule has 28 heavy (non-hydrogen) atoms. The molecule has 1 aliphatic rings. The van der Waals surface area contributed by atoms with E-state index < -0.39 is 11.5 Å². The Labute approximate surface area is 160 Å². The zero-order valence-electron chi connectivity index (χ0n) is 15.5. The zero-order chi connectivity index (χ0) is 19.9. The van der Waals surface area contributed by atoms with E-state index in [0.717, 1.165) is 12.8 Å². The Morgan fingerprint density at radius 2 is 2.14 bits per heavy atom. The summed E-state index contributed by atoms with van der Waals surface area (Å²) in [6.45, 7) is 0.219. The van der Waals surface area contributed by atoms with Gasteiger partial charge in [-0.15, -0.1) is 0 Å². The number of primary amides is 1. The summed E-state index contributed by atoms with van der Waals surface area (Å²) in [6.07, 6.45) is 6.16. The first-order chi connectivity index (χ1) is 13.4. The largest absolute Gasteiger partial charge is 0.463 e. The van der Waals surface area contributed by atoms with E-state index in [9.17, 15) is 14.7 Å². The van der Waals surface area contributed by atoms with Crippen LogP contribution < -0.4 is 5.73 Å². The van der Waals surface area contributed by atoms with E-state index >= 15 is 0 Å². The third-order valence-corrected chi connectivity index (χ3v) is 5.14. The quantitative estimate of drug-likeness (QED) is 0.687. The summed E-state index contributed by atoms with van der Waals surface area (Å²) in [5.41, 5.74) is 5.32. The lowest BCUT2D eigenvalue weighted by molar-refractivity contribution is 0.0155. The molecule has 0 aromatic carbocycles. The van der Waals surface area contributed by atoms with Gasteiger partial charge >= 0.3 is 0 Å². The number of amides is 2. The lowest BCUT2D eigenvalue weighted by Crippen LogP contribution is -2.42. The number of hydrogen-bond donors (Lipinski definition) is 2. The molecule has 9 nitrogen and oxygen atoms in total. The van der Waals surface area contributed by atoms with Crippen molar-refractivity contribution in [1.82, 2.24) is 19.3 Å². The minimum absolute atomic E-state index is 0.0282. The van der Waals surface area contributed by atoms with Gasteiger partial charge in [0.2, 0.25) is 0 Å². The molecule has 3 N–H and O–H groups in total. The lowest BCUT2D eigenvalue weighted by Gasteiger charge is -2.28. The van der Waals surface area contributed by atoms with Crippen LogP contribution >= 0.6 is 0 Å². The fraction of sp³-hybridized carbons (Fsp3) is 0.368. The molecule has 0 spiro atoms. The highest BCUT2D eigenvalue weighted by molar-refractivity contribution is 5.99. The summed E-state index contributed by atoms with van der Waals surface area (Å²) in [4.78, 5) is 34.5. The summed E-state index contributed by atoms with van der Waals surface area (Å²) in [5.74, 6) is -0.613. The van der Waals surface area contributed by atoms with Crippen molar-refractivity contribution in [2.24, 2.45) is 5.73 Å². The first kappa shape index (κ1) is 18.2. The van der Waals surface area contributed by atoms with Gasteiger partial charge < -0.3 is 20.2 Å². The van der Waals surface area contributed by atoms with Crippen LogP contribution in [0.3, 0.4) is 0 Å². The van der Waals surface area contributed by atoms with E-state index in [-0.39, 0.29) is 29.5 Å². The molecule has 0 saturated heterocycles. The van der Waals surface area contributed by atoms with Crippen LogP contribution in [0.25, 0.3) is 17.1 Å². The van der Waals surface area contributed by atoms with Crippen LogP contribution in [0.1, 0.15) is 46.7 Å². The Morgan fingerprint density at radius 3 is 2.79 bits per heavy atom. The van der Waals surface area contributed by atoms with Gasteiger partial charge in [-0.1, -0.05) is 12.8 Å². The van der Waals surface area contributed by atoms with Gasteiger partial charge in [0.25, 0.3) is 11.8 Å². The normalized spacial score (nSPS) is 15.8. The number of fused-ring (bicyclic) bond motifs is 1. The van der Waals surface area contributed by atoms with Crippen molar-refractivity contribution in [1.29, 1.82) is 0 Å². The van der Waals surface area contributed by atoms with Crippen molar-refractivity contribution < 1.29 is 19.1 Å². The number of hydrogen-bond acceptors (Lipinski definition) is 6. The van der Waals surface area contributed by atoms with Gasteiger partial charge in [-0.3, -0.25) is 14.0 Å². The van der Waals surface area contributed by atoms with E-state index in [2.05, 4.69) is 9.97 Å². The summed E-state index contributed by atoms with van der Waals surface area (Å²) in [7, 11) is 1.63. The smallest absolute Gasteiger partial charge is 0.272 e. The number of rotatable bonds is 5. The highest BCUT2D eigenvalue weighted by atomic mass is 16.3. The Morgan fingerprint density at radius 1 is 1.39 bits per heavy atom. The van der Waals surface area contributed by atoms with Gasteiger partial charge in [-0.05, 0) is 31.0 Å². The number of nitrogens with zero attached hydrogens (tertiary/aromatic N) is 4. The van der Waals surface area contributed by atoms with Gasteiger partial charge in [0.1, 0.15) is 12.0 Å². The number of carbonyl (C=O) groups excluding carboxylic acids is 2.